The van der Waals surface area contributed by atoms with Crippen molar-refractivity contribution >= 4 is 11.6 Å². The molecule has 0 atom stereocenters. The van der Waals surface area contributed by atoms with Crippen LogP contribution in [0.5, 0.6) is 17.2 Å². The first kappa shape index (κ1) is 20.2. The summed E-state index contributed by atoms with van der Waals surface area (Å²) in [5, 5.41) is 2.99. The molecule has 7 nitrogen and oxygen atoms in total. The molecule has 3 aliphatic rings. The van der Waals surface area contributed by atoms with Gasteiger partial charge in [0, 0.05) is 57.3 Å². The maximum absolute atomic E-state index is 12.5. The minimum atomic E-state index is 0.00145. The van der Waals surface area contributed by atoms with Gasteiger partial charge in [0.2, 0.25) is 5.91 Å². The zero-order valence-electron chi connectivity index (χ0n) is 17.8. The largest absolute Gasteiger partial charge is 0.493 e. The Morgan fingerprint density at radius 1 is 0.839 bits per heavy atom. The number of carbonyl (C=O) groups excluding carboxylic acids is 1. The van der Waals surface area contributed by atoms with E-state index >= 15 is 0 Å². The summed E-state index contributed by atoms with van der Waals surface area (Å²) >= 11 is 0. The summed E-state index contributed by atoms with van der Waals surface area (Å²) < 4.78 is 17.0. The topological polar surface area (TPSA) is 63.3 Å². The Balaban J connectivity index is 1.09. The molecule has 1 amide bonds. The number of carbonyl (C=O) groups is 1. The molecule has 0 saturated carbocycles. The lowest BCUT2D eigenvalue weighted by atomic mass is 10.1. The highest BCUT2D eigenvalue weighted by atomic mass is 16.5. The average molecular weight is 424 g/mol. The van der Waals surface area contributed by atoms with E-state index in [0.29, 0.717) is 25.5 Å². The van der Waals surface area contributed by atoms with E-state index in [4.69, 9.17) is 14.2 Å². The number of nitrogens with one attached hydrogen (secondary N) is 1. The standard InChI is InChI=1S/C24H29N3O4/c28-24(25-20-3-5-22-23(15-20)30-12-1-11-29-22)17-27-9-7-26(8-10-27)16-18-2-4-21-19(14-18)6-13-31-21/h2-5,14-15H,1,6-13,16-17H2,(H,25,28). The van der Waals surface area contributed by atoms with Crippen molar-refractivity contribution in [2.24, 2.45) is 0 Å². The van der Waals surface area contributed by atoms with Crippen molar-refractivity contribution in [3.63, 3.8) is 0 Å². The predicted octanol–water partition coefficient (Wildman–Crippen LogP) is 2.54. The van der Waals surface area contributed by atoms with Gasteiger partial charge >= 0.3 is 0 Å². The third kappa shape index (κ3) is 4.94. The van der Waals surface area contributed by atoms with Gasteiger partial charge in [-0.1, -0.05) is 12.1 Å². The third-order valence-corrected chi connectivity index (χ3v) is 6.02. The molecule has 0 bridgehead atoms. The molecule has 31 heavy (non-hydrogen) atoms. The fraction of sp³-hybridized carbons (Fsp3) is 0.458. The minimum Gasteiger partial charge on any atom is -0.493 e. The van der Waals surface area contributed by atoms with Crippen molar-refractivity contribution in [1.29, 1.82) is 0 Å². The molecule has 5 rings (SSSR count). The molecule has 7 heteroatoms. The van der Waals surface area contributed by atoms with Gasteiger partial charge in [-0.25, -0.2) is 0 Å². The number of hydrogen-bond acceptors (Lipinski definition) is 6. The van der Waals surface area contributed by atoms with E-state index in [1.807, 2.05) is 18.2 Å². The van der Waals surface area contributed by atoms with Gasteiger partial charge < -0.3 is 19.5 Å². The van der Waals surface area contributed by atoms with Gasteiger partial charge in [0.05, 0.1) is 26.4 Å². The molecule has 2 aromatic rings. The molecule has 2 aromatic carbocycles. The molecule has 0 aliphatic carbocycles. The number of hydrogen-bond donors (Lipinski definition) is 1. The predicted molar refractivity (Wildman–Crippen MR) is 118 cm³/mol. The Morgan fingerprint density at radius 3 is 2.45 bits per heavy atom. The van der Waals surface area contributed by atoms with Gasteiger partial charge in [-0.3, -0.25) is 14.6 Å². The first-order valence-electron chi connectivity index (χ1n) is 11.1. The van der Waals surface area contributed by atoms with E-state index in [2.05, 4.69) is 33.3 Å². The van der Waals surface area contributed by atoms with Crippen LogP contribution in [0.15, 0.2) is 36.4 Å². The molecular formula is C24H29N3O4. The molecule has 0 radical (unpaired) electrons. The minimum absolute atomic E-state index is 0.00145. The molecule has 0 unspecified atom stereocenters. The summed E-state index contributed by atoms with van der Waals surface area (Å²) in [6.07, 6.45) is 1.87. The van der Waals surface area contributed by atoms with Gasteiger partial charge in [0.25, 0.3) is 0 Å². The Labute approximate surface area is 182 Å². The number of ether oxygens (including phenoxy) is 3. The SMILES string of the molecule is O=C(CN1CCN(Cc2ccc3c(c2)CCO3)CC1)Nc1ccc2c(c1)OCCCO2. The second-order valence-corrected chi connectivity index (χ2v) is 8.35. The van der Waals surface area contributed by atoms with E-state index in [9.17, 15) is 4.79 Å². The lowest BCUT2D eigenvalue weighted by molar-refractivity contribution is -0.117. The van der Waals surface area contributed by atoms with Crippen molar-refractivity contribution in [2.45, 2.75) is 19.4 Å². The quantitative estimate of drug-likeness (QED) is 0.798. The van der Waals surface area contributed by atoms with E-state index in [1.165, 1.54) is 11.1 Å². The van der Waals surface area contributed by atoms with Crippen LogP contribution in [-0.4, -0.2) is 68.3 Å². The van der Waals surface area contributed by atoms with Crippen LogP contribution in [0.1, 0.15) is 17.5 Å². The van der Waals surface area contributed by atoms with E-state index in [1.54, 1.807) is 0 Å². The van der Waals surface area contributed by atoms with Crippen LogP contribution >= 0.6 is 0 Å². The number of fused-ring (bicyclic) bond motifs is 2. The number of anilines is 1. The zero-order valence-corrected chi connectivity index (χ0v) is 17.8. The Morgan fingerprint density at radius 2 is 1.58 bits per heavy atom. The van der Waals surface area contributed by atoms with Crippen LogP contribution in [-0.2, 0) is 17.8 Å². The van der Waals surface area contributed by atoms with Gasteiger partial charge in [-0.15, -0.1) is 0 Å². The van der Waals surface area contributed by atoms with Gasteiger partial charge in [-0.2, -0.15) is 0 Å². The number of piperazine rings is 1. The maximum Gasteiger partial charge on any atom is 0.238 e. The van der Waals surface area contributed by atoms with Crippen LogP contribution in [0.3, 0.4) is 0 Å². The van der Waals surface area contributed by atoms with Gasteiger partial charge in [-0.05, 0) is 29.3 Å². The fourth-order valence-electron chi connectivity index (χ4n) is 4.35. The summed E-state index contributed by atoms with van der Waals surface area (Å²) in [5.74, 6) is 2.47. The summed E-state index contributed by atoms with van der Waals surface area (Å²) in [5.41, 5.74) is 3.40. The van der Waals surface area contributed by atoms with Crippen molar-refractivity contribution in [3.8, 4) is 17.2 Å². The fourth-order valence-corrected chi connectivity index (χ4v) is 4.35. The van der Waals surface area contributed by atoms with Crippen LogP contribution < -0.4 is 19.5 Å². The lowest BCUT2D eigenvalue weighted by Gasteiger charge is -2.34. The van der Waals surface area contributed by atoms with Crippen LogP contribution in [0.2, 0.25) is 0 Å². The zero-order chi connectivity index (χ0) is 21.0. The Kier molecular flexibility index (Phi) is 5.95. The van der Waals surface area contributed by atoms with E-state index < -0.39 is 0 Å². The molecule has 1 N–H and O–H groups in total. The molecule has 1 saturated heterocycles. The van der Waals surface area contributed by atoms with Crippen molar-refractivity contribution in [2.75, 3.05) is 57.9 Å². The molecule has 0 aromatic heterocycles. The van der Waals surface area contributed by atoms with E-state index in [0.717, 1.165) is 69.4 Å². The first-order valence-corrected chi connectivity index (χ1v) is 11.1. The lowest BCUT2D eigenvalue weighted by Crippen LogP contribution is -2.48. The second kappa shape index (κ2) is 9.16. The summed E-state index contributed by atoms with van der Waals surface area (Å²) in [6.45, 7) is 7.15. The van der Waals surface area contributed by atoms with Crippen molar-refractivity contribution in [3.05, 3.63) is 47.5 Å². The average Bonchev–Trinajstić information content (AvgIpc) is 3.11. The molecular weight excluding hydrogens is 394 g/mol. The highest BCUT2D eigenvalue weighted by Crippen LogP contribution is 2.32. The normalized spacial score (nSPS) is 18.7. The van der Waals surface area contributed by atoms with Gasteiger partial charge in [0.1, 0.15) is 5.75 Å². The summed E-state index contributed by atoms with van der Waals surface area (Å²) in [7, 11) is 0. The smallest absolute Gasteiger partial charge is 0.238 e. The van der Waals surface area contributed by atoms with Crippen molar-refractivity contribution in [1.82, 2.24) is 9.80 Å². The van der Waals surface area contributed by atoms with E-state index in [-0.39, 0.29) is 5.91 Å². The second-order valence-electron chi connectivity index (χ2n) is 8.35. The summed E-state index contributed by atoms with van der Waals surface area (Å²) in [4.78, 5) is 17.2. The number of benzene rings is 2. The van der Waals surface area contributed by atoms with Crippen LogP contribution in [0.4, 0.5) is 5.69 Å². The number of nitrogens with zero attached hydrogens (tertiary/aromatic N) is 2. The maximum atomic E-state index is 12.5. The molecule has 0 spiro atoms. The third-order valence-electron chi connectivity index (χ3n) is 6.02. The first-order chi connectivity index (χ1) is 15.2. The Hall–Kier alpha value is -2.77. The monoisotopic (exact) mass is 423 g/mol. The summed E-state index contributed by atoms with van der Waals surface area (Å²) in [6, 6.07) is 12.1. The molecule has 1 fully saturated rings. The molecule has 164 valence electrons. The molecule has 3 aliphatic heterocycles. The van der Waals surface area contributed by atoms with Crippen molar-refractivity contribution < 1.29 is 19.0 Å². The number of rotatable bonds is 5. The molecule has 3 heterocycles. The highest BCUT2D eigenvalue weighted by Gasteiger charge is 2.20. The van der Waals surface area contributed by atoms with Gasteiger partial charge in [0.15, 0.2) is 11.5 Å². The Bertz CT molecular complexity index is 940. The highest BCUT2D eigenvalue weighted by molar-refractivity contribution is 5.92. The van der Waals surface area contributed by atoms with Crippen LogP contribution in [0, 0.1) is 0 Å². The van der Waals surface area contributed by atoms with Crippen LogP contribution in [0.25, 0.3) is 0 Å². The number of amides is 1.